The number of nitrogens with zero attached hydrogens (tertiary/aromatic N) is 1. The van der Waals surface area contributed by atoms with Crippen LogP contribution in [0.4, 0.5) is 10.1 Å². The molecule has 0 aliphatic carbocycles. The van der Waals surface area contributed by atoms with Crippen LogP contribution in [-0.2, 0) is 14.8 Å². The number of ketones is 1. The van der Waals surface area contributed by atoms with Crippen molar-refractivity contribution in [3.8, 4) is 0 Å². The van der Waals surface area contributed by atoms with Crippen molar-refractivity contribution in [2.45, 2.75) is 0 Å². The van der Waals surface area contributed by atoms with Crippen molar-refractivity contribution >= 4 is 27.5 Å². The van der Waals surface area contributed by atoms with Crippen LogP contribution >= 0.6 is 0 Å². The van der Waals surface area contributed by atoms with E-state index in [0.29, 0.717) is 0 Å². The number of rotatable bonds is 6. The second-order valence-electron chi connectivity index (χ2n) is 5.21. The molecule has 0 aliphatic rings. The Morgan fingerprint density at radius 3 is 2.24 bits per heavy atom. The first-order valence-corrected chi connectivity index (χ1v) is 9.02. The van der Waals surface area contributed by atoms with E-state index in [2.05, 4.69) is 4.74 Å². The van der Waals surface area contributed by atoms with E-state index in [0.717, 1.165) is 22.7 Å². The van der Waals surface area contributed by atoms with Gasteiger partial charge in [-0.25, -0.2) is 17.6 Å². The second-order valence-corrected chi connectivity index (χ2v) is 7.12. The highest BCUT2D eigenvalue weighted by molar-refractivity contribution is 7.92. The fourth-order valence-electron chi connectivity index (χ4n) is 2.21. The molecule has 8 heteroatoms. The number of Topliss-reactive ketones (excluding diaryl/α,β-unsaturated/α-hetero) is 1. The minimum absolute atomic E-state index is 0.0160. The van der Waals surface area contributed by atoms with Gasteiger partial charge in [-0.05, 0) is 36.4 Å². The topological polar surface area (TPSA) is 80.8 Å². The smallest absolute Gasteiger partial charge is 0.340 e. The summed E-state index contributed by atoms with van der Waals surface area (Å²) in [5.41, 5.74) is 0.209. The van der Waals surface area contributed by atoms with Gasteiger partial charge in [0.05, 0.1) is 31.2 Å². The van der Waals surface area contributed by atoms with E-state index in [1.54, 1.807) is 12.1 Å². The third-order valence-corrected chi connectivity index (χ3v) is 4.56. The number of benzene rings is 2. The number of halogens is 1. The van der Waals surface area contributed by atoms with Crippen LogP contribution in [-0.4, -0.2) is 40.1 Å². The summed E-state index contributed by atoms with van der Waals surface area (Å²) >= 11 is 0. The second kappa shape index (κ2) is 7.43. The van der Waals surface area contributed by atoms with E-state index in [-0.39, 0.29) is 16.8 Å². The van der Waals surface area contributed by atoms with Gasteiger partial charge in [-0.15, -0.1) is 0 Å². The maximum Gasteiger partial charge on any atom is 0.340 e. The number of hydrogen-bond donors (Lipinski definition) is 0. The maximum absolute atomic E-state index is 13.0. The third kappa shape index (κ3) is 4.42. The Labute approximate surface area is 144 Å². The van der Waals surface area contributed by atoms with Crippen molar-refractivity contribution in [1.29, 1.82) is 0 Å². The molecule has 2 aromatic rings. The summed E-state index contributed by atoms with van der Waals surface area (Å²) < 4.78 is 42.8. The maximum atomic E-state index is 13.0. The number of esters is 1. The molecule has 6 nitrogen and oxygen atoms in total. The third-order valence-electron chi connectivity index (χ3n) is 3.43. The van der Waals surface area contributed by atoms with Gasteiger partial charge in [0.1, 0.15) is 5.82 Å². The number of hydrogen-bond acceptors (Lipinski definition) is 5. The molecular formula is C17H16FNO5S. The van der Waals surface area contributed by atoms with Crippen LogP contribution in [0.1, 0.15) is 20.7 Å². The summed E-state index contributed by atoms with van der Waals surface area (Å²) in [6.45, 7) is -0.529. The summed E-state index contributed by atoms with van der Waals surface area (Å²) in [6, 6.07) is 10.7. The molecular weight excluding hydrogens is 349 g/mol. The number of carbonyl (C=O) groups is 2. The predicted octanol–water partition coefficient (Wildman–Crippen LogP) is 2.26. The molecule has 0 atom stereocenters. The van der Waals surface area contributed by atoms with Gasteiger partial charge in [-0.3, -0.25) is 9.10 Å². The average Bonchev–Trinajstić information content (AvgIpc) is 2.58. The number of ether oxygens (including phenoxy) is 1. The molecule has 0 heterocycles. The molecule has 2 aromatic carbocycles. The highest BCUT2D eigenvalue weighted by Gasteiger charge is 2.26. The molecule has 0 unspecified atom stereocenters. The standard InChI is InChI=1S/C17H16FNO5S/c1-24-17(21)14-5-3-4-6-15(14)19(25(2,22)23)11-16(20)12-7-9-13(18)10-8-12/h3-10H,11H2,1-2H3. The first-order valence-electron chi connectivity index (χ1n) is 7.18. The fourth-order valence-corrected chi connectivity index (χ4v) is 3.08. The first kappa shape index (κ1) is 18.6. The van der Waals surface area contributed by atoms with Crippen LogP contribution in [0.15, 0.2) is 48.5 Å². The molecule has 0 bridgehead atoms. The molecule has 0 spiro atoms. The average molecular weight is 365 g/mol. The van der Waals surface area contributed by atoms with Crippen LogP contribution in [0.25, 0.3) is 0 Å². The molecule has 0 amide bonds. The summed E-state index contributed by atoms with van der Waals surface area (Å²) in [5.74, 6) is -1.77. The summed E-state index contributed by atoms with van der Waals surface area (Å²) in [5, 5.41) is 0. The van der Waals surface area contributed by atoms with E-state index in [4.69, 9.17) is 0 Å². The van der Waals surface area contributed by atoms with Gasteiger partial charge >= 0.3 is 5.97 Å². The largest absolute Gasteiger partial charge is 0.465 e. The number of anilines is 1. The van der Waals surface area contributed by atoms with Gasteiger partial charge in [0, 0.05) is 5.56 Å². The summed E-state index contributed by atoms with van der Waals surface area (Å²) in [4.78, 5) is 24.3. The Bertz CT molecular complexity index is 894. The molecule has 0 radical (unpaired) electrons. The van der Waals surface area contributed by atoms with Crippen LogP contribution < -0.4 is 4.31 Å². The normalized spacial score (nSPS) is 11.0. The zero-order valence-electron chi connectivity index (χ0n) is 13.6. The first-order chi connectivity index (χ1) is 11.7. The molecule has 0 saturated heterocycles. The van der Waals surface area contributed by atoms with Crippen molar-refractivity contribution in [3.63, 3.8) is 0 Å². The zero-order chi connectivity index (χ0) is 18.6. The van der Waals surface area contributed by atoms with Gasteiger partial charge in [0.25, 0.3) is 0 Å². The highest BCUT2D eigenvalue weighted by Crippen LogP contribution is 2.24. The molecule has 2 rings (SSSR count). The lowest BCUT2D eigenvalue weighted by atomic mass is 10.1. The lowest BCUT2D eigenvalue weighted by Gasteiger charge is -2.23. The van der Waals surface area contributed by atoms with Crippen molar-refractivity contribution in [2.24, 2.45) is 0 Å². The van der Waals surface area contributed by atoms with E-state index in [9.17, 15) is 22.4 Å². The molecule has 0 saturated carbocycles. The van der Waals surface area contributed by atoms with Gasteiger partial charge in [0.2, 0.25) is 10.0 Å². The van der Waals surface area contributed by atoms with Crippen LogP contribution in [0.2, 0.25) is 0 Å². The van der Waals surface area contributed by atoms with E-state index in [1.165, 1.54) is 31.4 Å². The van der Waals surface area contributed by atoms with Crippen LogP contribution in [0.5, 0.6) is 0 Å². The zero-order valence-corrected chi connectivity index (χ0v) is 14.4. The Balaban J connectivity index is 2.44. The van der Waals surface area contributed by atoms with Crippen LogP contribution in [0.3, 0.4) is 0 Å². The minimum Gasteiger partial charge on any atom is -0.465 e. The Hall–Kier alpha value is -2.74. The monoisotopic (exact) mass is 365 g/mol. The van der Waals surface area contributed by atoms with Crippen molar-refractivity contribution in [2.75, 3.05) is 24.2 Å². The number of sulfonamides is 1. The lowest BCUT2D eigenvalue weighted by Crippen LogP contribution is -2.36. The quantitative estimate of drug-likeness (QED) is 0.579. The van der Waals surface area contributed by atoms with E-state index >= 15 is 0 Å². The highest BCUT2D eigenvalue weighted by atomic mass is 32.2. The molecule has 132 valence electrons. The van der Waals surface area contributed by atoms with Gasteiger partial charge in [0.15, 0.2) is 5.78 Å². The van der Waals surface area contributed by atoms with Crippen molar-refractivity contribution < 1.29 is 27.1 Å². The summed E-state index contributed by atoms with van der Waals surface area (Å²) in [7, 11) is -2.69. The SMILES string of the molecule is COC(=O)c1ccccc1N(CC(=O)c1ccc(F)cc1)S(C)(=O)=O. The van der Waals surface area contributed by atoms with E-state index < -0.39 is 34.1 Å². The molecule has 0 aliphatic heterocycles. The van der Waals surface area contributed by atoms with Gasteiger partial charge in [-0.1, -0.05) is 12.1 Å². The van der Waals surface area contributed by atoms with Crippen molar-refractivity contribution in [1.82, 2.24) is 0 Å². The number of carbonyl (C=O) groups excluding carboxylic acids is 2. The predicted molar refractivity (Wildman–Crippen MR) is 90.7 cm³/mol. The lowest BCUT2D eigenvalue weighted by molar-refractivity contribution is 0.0601. The number of para-hydroxylation sites is 1. The van der Waals surface area contributed by atoms with Crippen molar-refractivity contribution in [3.05, 3.63) is 65.5 Å². The Kier molecular flexibility index (Phi) is 5.53. The Morgan fingerprint density at radius 1 is 1.08 bits per heavy atom. The fraction of sp³-hybridized carbons (Fsp3) is 0.176. The Morgan fingerprint density at radius 2 is 1.68 bits per heavy atom. The van der Waals surface area contributed by atoms with Gasteiger partial charge < -0.3 is 4.74 Å². The van der Waals surface area contributed by atoms with E-state index in [1.807, 2.05) is 0 Å². The molecule has 0 N–H and O–H groups in total. The molecule has 25 heavy (non-hydrogen) atoms. The summed E-state index contributed by atoms with van der Waals surface area (Å²) in [6.07, 6.45) is 0.930. The molecule has 0 aromatic heterocycles. The number of methoxy groups -OCH3 is 1. The van der Waals surface area contributed by atoms with Gasteiger partial charge in [-0.2, -0.15) is 0 Å². The molecule has 0 fully saturated rings. The van der Waals surface area contributed by atoms with Crippen LogP contribution in [0, 0.1) is 5.82 Å². The minimum atomic E-state index is -3.86.